The number of rotatable bonds is 2. The van der Waals surface area contributed by atoms with Gasteiger partial charge < -0.3 is 4.74 Å². The molecule has 1 atom stereocenters. The van der Waals surface area contributed by atoms with Crippen molar-refractivity contribution < 1.29 is 4.74 Å². The third-order valence-electron chi connectivity index (χ3n) is 1.98. The average molecular weight is 151 g/mol. The number of aliphatic imine (C=N–C) groups is 1. The normalized spacial score (nSPS) is 30.3. The van der Waals surface area contributed by atoms with Gasteiger partial charge in [-0.05, 0) is 25.8 Å². The maximum atomic E-state index is 5.70. The van der Waals surface area contributed by atoms with Gasteiger partial charge in [-0.2, -0.15) is 0 Å². The van der Waals surface area contributed by atoms with Gasteiger partial charge in [0.25, 0.3) is 0 Å². The fourth-order valence-corrected chi connectivity index (χ4v) is 1.22. The monoisotopic (exact) mass is 151 g/mol. The van der Waals surface area contributed by atoms with E-state index in [1.807, 2.05) is 19.2 Å². The van der Waals surface area contributed by atoms with Gasteiger partial charge >= 0.3 is 0 Å². The molecule has 1 aliphatic carbocycles. The molecule has 2 heteroatoms. The van der Waals surface area contributed by atoms with E-state index in [-0.39, 0.29) is 0 Å². The summed E-state index contributed by atoms with van der Waals surface area (Å²) in [7, 11) is 0. The topological polar surface area (TPSA) is 21.6 Å². The predicted molar refractivity (Wildman–Crippen MR) is 44.8 cm³/mol. The van der Waals surface area contributed by atoms with E-state index < -0.39 is 0 Å². The van der Waals surface area contributed by atoms with Gasteiger partial charge in [-0.25, -0.2) is 0 Å². The molecule has 60 valence electrons. The molecule has 0 aromatic rings. The Hall–Kier alpha value is -0.630. The SMILES string of the molecule is CC1=NC=CC(OC2CC2)C1. The quantitative estimate of drug-likeness (QED) is 0.590. The molecule has 0 bridgehead atoms. The predicted octanol–water partition coefficient (Wildman–Crippen LogP) is 1.91. The van der Waals surface area contributed by atoms with Gasteiger partial charge in [0, 0.05) is 18.3 Å². The van der Waals surface area contributed by atoms with Crippen LogP contribution in [-0.2, 0) is 4.74 Å². The summed E-state index contributed by atoms with van der Waals surface area (Å²) >= 11 is 0. The minimum absolute atomic E-state index is 0.306. The summed E-state index contributed by atoms with van der Waals surface area (Å²) in [4.78, 5) is 4.16. The van der Waals surface area contributed by atoms with Crippen LogP contribution in [0.2, 0.25) is 0 Å². The first kappa shape index (κ1) is 7.04. The Labute approximate surface area is 67.0 Å². The van der Waals surface area contributed by atoms with Crippen LogP contribution in [0.5, 0.6) is 0 Å². The summed E-state index contributed by atoms with van der Waals surface area (Å²) in [5, 5.41) is 0. The van der Waals surface area contributed by atoms with Gasteiger partial charge in [-0.15, -0.1) is 0 Å². The van der Waals surface area contributed by atoms with Gasteiger partial charge in [0.05, 0.1) is 12.2 Å². The van der Waals surface area contributed by atoms with Crippen LogP contribution in [-0.4, -0.2) is 17.9 Å². The number of hydrogen-bond donors (Lipinski definition) is 0. The van der Waals surface area contributed by atoms with E-state index >= 15 is 0 Å². The molecular formula is C9H13NO. The molecule has 0 aromatic carbocycles. The molecule has 2 nitrogen and oxygen atoms in total. The van der Waals surface area contributed by atoms with Crippen LogP contribution in [0.3, 0.4) is 0 Å². The Morgan fingerprint density at radius 1 is 1.55 bits per heavy atom. The molecule has 1 aliphatic heterocycles. The van der Waals surface area contributed by atoms with Crippen LogP contribution in [0, 0.1) is 0 Å². The van der Waals surface area contributed by atoms with Crippen LogP contribution in [0.4, 0.5) is 0 Å². The zero-order valence-corrected chi connectivity index (χ0v) is 6.79. The van der Waals surface area contributed by atoms with E-state index in [4.69, 9.17) is 4.74 Å². The van der Waals surface area contributed by atoms with Gasteiger partial charge in [0.1, 0.15) is 0 Å². The highest BCUT2D eigenvalue weighted by atomic mass is 16.5. The lowest BCUT2D eigenvalue weighted by Gasteiger charge is -2.15. The summed E-state index contributed by atoms with van der Waals surface area (Å²) in [6, 6.07) is 0. The van der Waals surface area contributed by atoms with E-state index in [9.17, 15) is 0 Å². The van der Waals surface area contributed by atoms with Gasteiger partial charge in [-0.1, -0.05) is 0 Å². The third-order valence-corrected chi connectivity index (χ3v) is 1.98. The summed E-state index contributed by atoms with van der Waals surface area (Å²) in [5.41, 5.74) is 1.18. The van der Waals surface area contributed by atoms with Crippen molar-refractivity contribution in [3.8, 4) is 0 Å². The highest BCUT2D eigenvalue weighted by Crippen LogP contribution is 2.26. The second-order valence-electron chi connectivity index (χ2n) is 3.28. The molecule has 0 radical (unpaired) electrons. The van der Waals surface area contributed by atoms with E-state index in [1.165, 1.54) is 18.6 Å². The Bertz CT molecular complexity index is 204. The first-order valence-corrected chi connectivity index (χ1v) is 4.20. The first-order chi connectivity index (χ1) is 5.34. The molecule has 2 aliphatic rings. The van der Waals surface area contributed by atoms with Gasteiger partial charge in [0.2, 0.25) is 0 Å². The number of hydrogen-bond acceptors (Lipinski definition) is 2. The first-order valence-electron chi connectivity index (χ1n) is 4.20. The molecule has 1 fully saturated rings. The van der Waals surface area contributed by atoms with Crippen molar-refractivity contribution in [1.82, 2.24) is 0 Å². The molecule has 2 rings (SSSR count). The van der Waals surface area contributed by atoms with E-state index in [0.717, 1.165) is 6.42 Å². The largest absolute Gasteiger partial charge is 0.370 e. The zero-order chi connectivity index (χ0) is 7.68. The van der Waals surface area contributed by atoms with Crippen LogP contribution in [0.25, 0.3) is 0 Å². The molecule has 0 N–H and O–H groups in total. The fraction of sp³-hybridized carbons (Fsp3) is 0.667. The highest BCUT2D eigenvalue weighted by Gasteiger charge is 2.25. The Kier molecular flexibility index (Phi) is 1.78. The van der Waals surface area contributed by atoms with Crippen molar-refractivity contribution in [1.29, 1.82) is 0 Å². The van der Waals surface area contributed by atoms with Crippen LogP contribution < -0.4 is 0 Å². The van der Waals surface area contributed by atoms with Crippen LogP contribution in [0.15, 0.2) is 17.3 Å². The molecule has 0 amide bonds. The van der Waals surface area contributed by atoms with Crippen molar-refractivity contribution in [2.75, 3.05) is 0 Å². The number of ether oxygens (including phenoxy) is 1. The Morgan fingerprint density at radius 3 is 3.00 bits per heavy atom. The average Bonchev–Trinajstić information content (AvgIpc) is 2.71. The van der Waals surface area contributed by atoms with E-state index in [2.05, 4.69) is 4.99 Å². The lowest BCUT2D eigenvalue weighted by atomic mass is 10.1. The van der Waals surface area contributed by atoms with Crippen molar-refractivity contribution in [3.05, 3.63) is 12.3 Å². The third kappa shape index (κ3) is 1.90. The van der Waals surface area contributed by atoms with E-state index in [1.54, 1.807) is 0 Å². The molecule has 1 unspecified atom stereocenters. The molecule has 1 saturated carbocycles. The maximum Gasteiger partial charge on any atom is 0.0829 e. The van der Waals surface area contributed by atoms with Crippen LogP contribution >= 0.6 is 0 Å². The lowest BCUT2D eigenvalue weighted by Crippen LogP contribution is -2.17. The van der Waals surface area contributed by atoms with Crippen molar-refractivity contribution >= 4 is 5.71 Å². The van der Waals surface area contributed by atoms with Crippen molar-refractivity contribution in [2.45, 2.75) is 38.4 Å². The molecule has 0 spiro atoms. The van der Waals surface area contributed by atoms with Gasteiger partial charge in [0.15, 0.2) is 0 Å². The summed E-state index contributed by atoms with van der Waals surface area (Å²) in [6.07, 6.45) is 8.24. The standard InChI is InChI=1S/C9H13NO/c1-7-6-9(4-5-10-7)11-8-2-3-8/h4-5,8-9H,2-3,6H2,1H3. The Balaban J connectivity index is 1.86. The smallest absolute Gasteiger partial charge is 0.0829 e. The fourth-order valence-electron chi connectivity index (χ4n) is 1.22. The van der Waals surface area contributed by atoms with Crippen molar-refractivity contribution in [2.24, 2.45) is 4.99 Å². The molecular weight excluding hydrogens is 138 g/mol. The van der Waals surface area contributed by atoms with Crippen molar-refractivity contribution in [3.63, 3.8) is 0 Å². The summed E-state index contributed by atoms with van der Waals surface area (Å²) in [5.74, 6) is 0. The molecule has 0 aromatic heterocycles. The zero-order valence-electron chi connectivity index (χ0n) is 6.79. The molecule has 0 saturated heterocycles. The minimum atomic E-state index is 0.306. The van der Waals surface area contributed by atoms with Gasteiger partial charge in [-0.3, -0.25) is 4.99 Å². The summed E-state index contributed by atoms with van der Waals surface area (Å²) in [6.45, 7) is 2.05. The van der Waals surface area contributed by atoms with E-state index in [0.29, 0.717) is 12.2 Å². The second kappa shape index (κ2) is 2.78. The number of nitrogens with zero attached hydrogens (tertiary/aromatic N) is 1. The highest BCUT2D eigenvalue weighted by molar-refractivity contribution is 5.83. The molecule has 11 heavy (non-hydrogen) atoms. The molecule has 1 heterocycles. The lowest BCUT2D eigenvalue weighted by molar-refractivity contribution is 0.0749. The second-order valence-corrected chi connectivity index (χ2v) is 3.28. The minimum Gasteiger partial charge on any atom is -0.370 e. The van der Waals surface area contributed by atoms with Crippen LogP contribution in [0.1, 0.15) is 26.2 Å². The maximum absolute atomic E-state index is 5.70. The summed E-state index contributed by atoms with van der Waals surface area (Å²) < 4.78 is 5.70. The Morgan fingerprint density at radius 2 is 2.36 bits per heavy atom.